The van der Waals surface area contributed by atoms with Gasteiger partial charge in [0.05, 0.1) is 0 Å². The summed E-state index contributed by atoms with van der Waals surface area (Å²) in [5.74, 6) is 0.733. The van der Waals surface area contributed by atoms with Crippen molar-refractivity contribution in [1.29, 1.82) is 0 Å². The first kappa shape index (κ1) is 10.8. The predicted octanol–water partition coefficient (Wildman–Crippen LogP) is 1.18. The zero-order chi connectivity index (χ0) is 6.53. The molecule has 10 heavy (non-hydrogen) atoms. The summed E-state index contributed by atoms with van der Waals surface area (Å²) in [5.41, 5.74) is 0. The Morgan fingerprint density at radius 1 is 1.70 bits per heavy atom. The number of allylic oxidation sites excluding steroid dienone is 1. The average molecular weight is 212 g/mol. The van der Waals surface area contributed by atoms with Gasteiger partial charge in [0.1, 0.15) is 0 Å². The maximum atomic E-state index is 5.29. The van der Waals surface area contributed by atoms with Gasteiger partial charge >= 0.3 is 0 Å². The van der Waals surface area contributed by atoms with Crippen molar-refractivity contribution in [2.75, 3.05) is 13.1 Å². The fourth-order valence-electron chi connectivity index (χ4n) is 1.15. The first-order valence-electron chi connectivity index (χ1n) is 3.51. The third kappa shape index (κ3) is 3.85. The van der Waals surface area contributed by atoms with Gasteiger partial charge in [0.25, 0.3) is 0 Å². The number of nitrogens with one attached hydrogen (secondary N) is 1. The van der Waals surface area contributed by atoms with E-state index in [0.29, 0.717) is 0 Å². The van der Waals surface area contributed by atoms with Crippen LogP contribution in [0.1, 0.15) is 12.8 Å². The molecule has 1 atom stereocenters. The van der Waals surface area contributed by atoms with Crippen LogP contribution in [-0.4, -0.2) is 13.1 Å². The van der Waals surface area contributed by atoms with Crippen LogP contribution in [0, 0.1) is 18.9 Å². The molecule has 0 aromatic rings. The smallest absolute Gasteiger partial charge is 0 e. The number of hydrogen-bond donors (Lipinski definition) is 1. The van der Waals surface area contributed by atoms with Gasteiger partial charge in [-0.2, -0.15) is 5.92 Å². The van der Waals surface area contributed by atoms with E-state index in [0.717, 1.165) is 25.4 Å². The van der Waals surface area contributed by atoms with E-state index in [1.807, 2.05) is 0 Å². The van der Waals surface area contributed by atoms with Crippen LogP contribution in [0.5, 0.6) is 0 Å². The fraction of sp³-hybridized carbons (Fsp3) is 0.625. The van der Waals surface area contributed by atoms with Crippen molar-refractivity contribution in [2.24, 2.45) is 5.92 Å². The summed E-state index contributed by atoms with van der Waals surface area (Å²) in [7, 11) is 0. The van der Waals surface area contributed by atoms with Crippen LogP contribution in [0.15, 0.2) is 6.08 Å². The van der Waals surface area contributed by atoms with E-state index in [1.165, 1.54) is 6.42 Å². The van der Waals surface area contributed by atoms with Crippen LogP contribution in [0.3, 0.4) is 0 Å². The minimum atomic E-state index is 0. The Hall–Kier alpha value is 0.804. The zero-order valence-electron chi connectivity index (χ0n) is 6.22. The zero-order valence-corrected chi connectivity index (χ0v) is 9.05. The largest absolute Gasteiger partial charge is 0.518 e. The SMILES string of the molecule is [CH-]=CCC1[CH-]CNCC1.[Y]. The Morgan fingerprint density at radius 2 is 2.50 bits per heavy atom. The quantitative estimate of drug-likeness (QED) is 0.677. The van der Waals surface area contributed by atoms with Crippen LogP contribution < -0.4 is 5.32 Å². The van der Waals surface area contributed by atoms with Crippen molar-refractivity contribution < 1.29 is 32.7 Å². The van der Waals surface area contributed by atoms with Crippen molar-refractivity contribution in [3.63, 3.8) is 0 Å². The first-order chi connectivity index (χ1) is 4.43. The van der Waals surface area contributed by atoms with Crippen LogP contribution in [-0.2, 0) is 32.7 Å². The maximum absolute atomic E-state index is 5.29. The van der Waals surface area contributed by atoms with Gasteiger partial charge in [0.15, 0.2) is 0 Å². The van der Waals surface area contributed by atoms with Gasteiger partial charge in [-0.25, -0.2) is 0 Å². The molecule has 0 bridgehead atoms. The minimum absolute atomic E-state index is 0. The number of rotatable bonds is 2. The van der Waals surface area contributed by atoms with E-state index in [4.69, 9.17) is 6.58 Å². The second-order valence-electron chi connectivity index (χ2n) is 2.46. The molecule has 0 aliphatic carbocycles. The van der Waals surface area contributed by atoms with E-state index in [1.54, 1.807) is 6.08 Å². The van der Waals surface area contributed by atoms with E-state index < -0.39 is 0 Å². The summed E-state index contributed by atoms with van der Waals surface area (Å²) in [6.45, 7) is 7.50. The third-order valence-corrected chi connectivity index (χ3v) is 1.73. The Kier molecular flexibility index (Phi) is 7.03. The Morgan fingerprint density at radius 3 is 3.00 bits per heavy atom. The molecular weight excluding hydrogens is 199 g/mol. The topological polar surface area (TPSA) is 12.0 Å². The molecule has 55 valence electrons. The second kappa shape index (κ2) is 6.51. The third-order valence-electron chi connectivity index (χ3n) is 1.73. The van der Waals surface area contributed by atoms with Gasteiger partial charge in [-0.1, -0.05) is 12.8 Å². The molecule has 2 heteroatoms. The molecule has 1 rings (SSSR count). The summed E-state index contributed by atoms with van der Waals surface area (Å²) >= 11 is 0. The normalized spacial score (nSPS) is 25.0. The van der Waals surface area contributed by atoms with E-state index in [-0.39, 0.29) is 32.7 Å². The van der Waals surface area contributed by atoms with Gasteiger partial charge in [-0.3, -0.25) is 6.08 Å². The second-order valence-corrected chi connectivity index (χ2v) is 2.46. The predicted molar refractivity (Wildman–Crippen MR) is 38.8 cm³/mol. The van der Waals surface area contributed by atoms with Gasteiger partial charge in [-0.05, 0) is 6.54 Å². The molecule has 1 heterocycles. The molecule has 1 unspecified atom stereocenters. The molecule has 0 aromatic heterocycles. The summed E-state index contributed by atoms with van der Waals surface area (Å²) in [4.78, 5) is 0. The molecule has 0 spiro atoms. The molecule has 1 nitrogen and oxygen atoms in total. The molecule has 1 aliphatic heterocycles. The Balaban J connectivity index is 0.000000810. The number of hydrogen-bond acceptors (Lipinski definition) is 1. The average Bonchev–Trinajstić information content (AvgIpc) is 1.91. The van der Waals surface area contributed by atoms with Crippen molar-refractivity contribution in [1.82, 2.24) is 5.32 Å². The molecule has 0 aromatic carbocycles. The Labute approximate surface area is 88.5 Å². The monoisotopic (exact) mass is 212 g/mol. The van der Waals surface area contributed by atoms with Crippen LogP contribution >= 0.6 is 0 Å². The van der Waals surface area contributed by atoms with Crippen molar-refractivity contribution >= 4 is 0 Å². The molecule has 1 saturated heterocycles. The first-order valence-corrected chi connectivity index (χ1v) is 3.51. The number of piperidine rings is 1. The van der Waals surface area contributed by atoms with Gasteiger partial charge in [0, 0.05) is 32.7 Å². The summed E-state index contributed by atoms with van der Waals surface area (Å²) < 4.78 is 0. The van der Waals surface area contributed by atoms with Crippen LogP contribution in [0.4, 0.5) is 0 Å². The van der Waals surface area contributed by atoms with E-state index in [9.17, 15) is 0 Å². The van der Waals surface area contributed by atoms with Gasteiger partial charge < -0.3 is 18.3 Å². The molecular formula is C8H13NY-2. The van der Waals surface area contributed by atoms with Crippen molar-refractivity contribution in [3.8, 4) is 0 Å². The van der Waals surface area contributed by atoms with Crippen LogP contribution in [0.25, 0.3) is 0 Å². The van der Waals surface area contributed by atoms with E-state index >= 15 is 0 Å². The Bertz CT molecular complexity index is 87.3. The maximum Gasteiger partial charge on any atom is 0 e. The van der Waals surface area contributed by atoms with E-state index in [2.05, 4.69) is 11.7 Å². The van der Waals surface area contributed by atoms with Crippen molar-refractivity contribution in [2.45, 2.75) is 12.8 Å². The molecule has 0 saturated carbocycles. The van der Waals surface area contributed by atoms with Crippen LogP contribution in [0.2, 0.25) is 0 Å². The summed E-state index contributed by atoms with van der Waals surface area (Å²) in [6.07, 6.45) is 6.34. The molecule has 1 N–H and O–H groups in total. The molecule has 1 aliphatic rings. The minimum Gasteiger partial charge on any atom is -0.518 e. The summed E-state index contributed by atoms with van der Waals surface area (Å²) in [5, 5.41) is 3.26. The van der Waals surface area contributed by atoms with Gasteiger partial charge in [-0.15, -0.1) is 6.54 Å². The standard InChI is InChI=1S/C8H13N.Y/c1-2-3-8-4-6-9-7-5-8;/h1-2,4,8-9H,3,5-7H2;/q-2;. The van der Waals surface area contributed by atoms with Gasteiger partial charge in [0.2, 0.25) is 0 Å². The fourth-order valence-corrected chi connectivity index (χ4v) is 1.15. The molecule has 1 radical (unpaired) electrons. The summed E-state index contributed by atoms with van der Waals surface area (Å²) in [6, 6.07) is 0. The molecule has 1 fully saturated rings. The molecule has 0 amide bonds. The van der Waals surface area contributed by atoms with Crippen molar-refractivity contribution in [3.05, 3.63) is 19.1 Å².